The predicted molar refractivity (Wildman–Crippen MR) is 119 cm³/mol. The van der Waals surface area contributed by atoms with Crippen LogP contribution in [0.25, 0.3) is 21.3 Å². The van der Waals surface area contributed by atoms with Crippen LogP contribution < -0.4 is 10.2 Å². The Balaban J connectivity index is 0.00000210. The van der Waals surface area contributed by atoms with E-state index in [1.165, 1.54) is 21.7 Å². The number of nitrogens with one attached hydrogen (secondary N) is 1. The number of anilines is 3. The van der Waals surface area contributed by atoms with Gasteiger partial charge in [-0.1, -0.05) is 30.3 Å². The lowest BCUT2D eigenvalue weighted by Gasteiger charge is -2.13. The molecular weight excluding hydrogens is 376 g/mol. The topological polar surface area (TPSA) is 41.1 Å². The Morgan fingerprint density at radius 3 is 2.30 bits per heavy atom. The first-order valence-corrected chi connectivity index (χ1v) is 9.29. The number of aromatic nitrogens is 2. The average Bonchev–Trinajstić information content (AvgIpc) is 3.00. The molecule has 2 aromatic carbocycles. The minimum atomic E-state index is 0. The molecule has 0 aliphatic rings. The molecule has 0 unspecified atom stereocenters. The van der Waals surface area contributed by atoms with E-state index in [2.05, 4.69) is 75.6 Å². The second kappa shape index (κ2) is 7.94. The van der Waals surface area contributed by atoms with Crippen molar-refractivity contribution in [1.29, 1.82) is 0 Å². The summed E-state index contributed by atoms with van der Waals surface area (Å²) in [5, 5.41) is 4.55. The molecule has 0 radical (unpaired) electrons. The van der Waals surface area contributed by atoms with Crippen molar-refractivity contribution < 1.29 is 0 Å². The smallest absolute Gasteiger partial charge is 0.143 e. The van der Waals surface area contributed by atoms with E-state index in [-0.39, 0.29) is 12.4 Å². The fourth-order valence-corrected chi connectivity index (χ4v) is 4.08. The molecule has 0 fully saturated rings. The predicted octanol–water partition coefficient (Wildman–Crippen LogP) is 5.90. The zero-order chi connectivity index (χ0) is 18.1. The van der Waals surface area contributed by atoms with Crippen molar-refractivity contribution in [3.05, 3.63) is 65.8 Å². The van der Waals surface area contributed by atoms with E-state index in [9.17, 15) is 0 Å². The summed E-state index contributed by atoms with van der Waals surface area (Å²) in [7, 11) is 4.08. The van der Waals surface area contributed by atoms with Crippen LogP contribution in [0.4, 0.5) is 17.2 Å². The minimum Gasteiger partial charge on any atom is -0.378 e. The van der Waals surface area contributed by atoms with E-state index >= 15 is 0 Å². The molecule has 138 valence electrons. The van der Waals surface area contributed by atoms with Gasteiger partial charge in [-0.3, -0.25) is 0 Å². The Labute approximate surface area is 169 Å². The molecule has 2 heterocycles. The van der Waals surface area contributed by atoms with E-state index in [1.54, 1.807) is 17.7 Å². The lowest BCUT2D eigenvalue weighted by molar-refractivity contribution is 1.13. The number of rotatable bonds is 4. The van der Waals surface area contributed by atoms with E-state index in [1.807, 2.05) is 20.2 Å². The lowest BCUT2D eigenvalue weighted by atomic mass is 10.0. The fourth-order valence-electron chi connectivity index (χ4n) is 3.07. The first-order valence-electron chi connectivity index (χ1n) is 8.47. The quantitative estimate of drug-likeness (QED) is 0.466. The lowest BCUT2D eigenvalue weighted by Crippen LogP contribution is -2.08. The number of hydrogen-bond donors (Lipinski definition) is 1. The van der Waals surface area contributed by atoms with Crippen LogP contribution in [0.15, 0.2) is 60.9 Å². The zero-order valence-electron chi connectivity index (χ0n) is 15.4. The number of thiophene rings is 1. The van der Waals surface area contributed by atoms with Crippen LogP contribution in [0.2, 0.25) is 0 Å². The number of nitrogens with zero attached hydrogens (tertiary/aromatic N) is 3. The van der Waals surface area contributed by atoms with Crippen LogP contribution in [0.1, 0.15) is 4.88 Å². The molecule has 4 nitrogen and oxygen atoms in total. The van der Waals surface area contributed by atoms with Gasteiger partial charge in [-0.15, -0.1) is 23.7 Å². The van der Waals surface area contributed by atoms with Crippen molar-refractivity contribution in [3.63, 3.8) is 0 Å². The Morgan fingerprint density at radius 1 is 0.926 bits per heavy atom. The Morgan fingerprint density at radius 2 is 1.63 bits per heavy atom. The zero-order valence-corrected chi connectivity index (χ0v) is 17.1. The number of aryl methyl sites for hydroxylation is 1. The highest BCUT2D eigenvalue weighted by atomic mass is 35.5. The average molecular weight is 397 g/mol. The summed E-state index contributed by atoms with van der Waals surface area (Å²) < 4.78 is 0. The second-order valence-corrected chi connectivity index (χ2v) is 7.57. The molecule has 4 aromatic rings. The SMILES string of the molecule is Cc1sc2ncnc(Nc3ccc(N(C)C)cc3)c2c1-c1ccccc1.Cl. The summed E-state index contributed by atoms with van der Waals surface area (Å²) in [6.45, 7) is 2.14. The number of hydrogen-bond acceptors (Lipinski definition) is 5. The van der Waals surface area contributed by atoms with E-state index in [0.29, 0.717) is 0 Å². The largest absolute Gasteiger partial charge is 0.378 e. The highest BCUT2D eigenvalue weighted by Crippen LogP contribution is 2.40. The van der Waals surface area contributed by atoms with Gasteiger partial charge in [-0.25, -0.2) is 9.97 Å². The molecule has 0 bridgehead atoms. The minimum absolute atomic E-state index is 0. The molecule has 27 heavy (non-hydrogen) atoms. The van der Waals surface area contributed by atoms with Crippen LogP contribution in [0.5, 0.6) is 0 Å². The van der Waals surface area contributed by atoms with Crippen molar-refractivity contribution in [3.8, 4) is 11.1 Å². The molecule has 0 spiro atoms. The Hall–Kier alpha value is -2.63. The van der Waals surface area contributed by atoms with Crippen molar-refractivity contribution in [2.75, 3.05) is 24.3 Å². The molecule has 6 heteroatoms. The molecule has 0 saturated heterocycles. The molecule has 0 aliphatic heterocycles. The first-order chi connectivity index (χ1) is 12.6. The summed E-state index contributed by atoms with van der Waals surface area (Å²) in [5.41, 5.74) is 4.58. The summed E-state index contributed by atoms with van der Waals surface area (Å²) >= 11 is 1.71. The molecular formula is C21H21ClN4S. The van der Waals surface area contributed by atoms with E-state index < -0.39 is 0 Å². The maximum Gasteiger partial charge on any atom is 0.143 e. The van der Waals surface area contributed by atoms with Gasteiger partial charge in [0.1, 0.15) is 17.0 Å². The molecule has 2 aromatic heterocycles. The van der Waals surface area contributed by atoms with Crippen molar-refractivity contribution in [1.82, 2.24) is 9.97 Å². The maximum absolute atomic E-state index is 4.53. The fraction of sp³-hybridized carbons (Fsp3) is 0.143. The normalized spacial score (nSPS) is 10.5. The molecule has 1 N–H and O–H groups in total. The van der Waals surface area contributed by atoms with Crippen molar-refractivity contribution in [2.24, 2.45) is 0 Å². The molecule has 4 rings (SSSR count). The van der Waals surface area contributed by atoms with Gasteiger partial charge in [0.05, 0.1) is 5.39 Å². The van der Waals surface area contributed by atoms with Gasteiger partial charge in [0.25, 0.3) is 0 Å². The van der Waals surface area contributed by atoms with Crippen LogP contribution >= 0.6 is 23.7 Å². The number of fused-ring (bicyclic) bond motifs is 1. The third-order valence-electron chi connectivity index (χ3n) is 4.37. The highest BCUT2D eigenvalue weighted by Gasteiger charge is 2.16. The van der Waals surface area contributed by atoms with E-state index in [0.717, 1.165) is 21.7 Å². The maximum atomic E-state index is 4.53. The molecule has 0 aliphatic carbocycles. The summed E-state index contributed by atoms with van der Waals surface area (Å²) in [6, 6.07) is 18.8. The van der Waals surface area contributed by atoms with Crippen molar-refractivity contribution >= 4 is 51.2 Å². The first kappa shape index (κ1) is 19.1. The molecule has 0 atom stereocenters. The van der Waals surface area contributed by atoms with Crippen molar-refractivity contribution in [2.45, 2.75) is 6.92 Å². The van der Waals surface area contributed by atoms with Gasteiger partial charge in [0.2, 0.25) is 0 Å². The molecule has 0 amide bonds. The third-order valence-corrected chi connectivity index (χ3v) is 5.39. The summed E-state index contributed by atoms with van der Waals surface area (Å²) in [4.78, 5) is 13.4. The monoisotopic (exact) mass is 396 g/mol. The highest BCUT2D eigenvalue weighted by molar-refractivity contribution is 7.19. The number of halogens is 1. The van der Waals surface area contributed by atoms with E-state index in [4.69, 9.17) is 0 Å². The second-order valence-electron chi connectivity index (χ2n) is 6.37. The van der Waals surface area contributed by atoms with Crippen LogP contribution in [-0.4, -0.2) is 24.1 Å². The van der Waals surface area contributed by atoms with Gasteiger partial charge in [-0.2, -0.15) is 0 Å². The Kier molecular flexibility index (Phi) is 5.63. The standard InChI is InChI=1S/C21H20N4S.ClH/c1-14-18(15-7-5-4-6-8-15)19-20(22-13-23-21(19)26-14)24-16-9-11-17(12-10-16)25(2)3;/h4-13H,1-3H3,(H,22,23,24);1H. The van der Waals surface area contributed by atoms with Crippen LogP contribution in [0, 0.1) is 6.92 Å². The van der Waals surface area contributed by atoms with Gasteiger partial charge in [-0.05, 0) is 36.8 Å². The molecule has 0 saturated carbocycles. The summed E-state index contributed by atoms with van der Waals surface area (Å²) in [5.74, 6) is 0.843. The van der Waals surface area contributed by atoms with Crippen LogP contribution in [-0.2, 0) is 0 Å². The third kappa shape index (κ3) is 3.75. The van der Waals surface area contributed by atoms with Gasteiger partial charge in [0, 0.05) is 35.9 Å². The van der Waals surface area contributed by atoms with Gasteiger partial charge >= 0.3 is 0 Å². The van der Waals surface area contributed by atoms with Gasteiger partial charge in [0.15, 0.2) is 0 Å². The van der Waals surface area contributed by atoms with Gasteiger partial charge < -0.3 is 10.2 Å². The Bertz CT molecular complexity index is 1040. The summed E-state index contributed by atoms with van der Waals surface area (Å²) in [6.07, 6.45) is 1.63. The number of benzene rings is 2. The van der Waals surface area contributed by atoms with Crippen LogP contribution in [0.3, 0.4) is 0 Å².